The SMILES string of the molecule is O=S(=O)(Oc1ccc(Cl)cc1Cl)N1CCOCC1. The Morgan fingerprint density at radius 2 is 1.89 bits per heavy atom. The van der Waals surface area contributed by atoms with Crippen LogP contribution in [-0.2, 0) is 15.0 Å². The molecule has 1 aromatic carbocycles. The van der Waals surface area contributed by atoms with Crippen molar-refractivity contribution in [3.8, 4) is 5.75 Å². The second-order valence-corrected chi connectivity index (χ2v) is 6.01. The van der Waals surface area contributed by atoms with Gasteiger partial charge in [0, 0.05) is 18.1 Å². The van der Waals surface area contributed by atoms with Crippen molar-refractivity contribution in [3.63, 3.8) is 0 Å². The number of rotatable bonds is 3. The minimum absolute atomic E-state index is 0.0626. The molecule has 100 valence electrons. The number of ether oxygens (including phenoxy) is 1. The molecule has 0 aromatic heterocycles. The van der Waals surface area contributed by atoms with Crippen LogP contribution in [0.4, 0.5) is 0 Å². The number of halogens is 2. The average molecular weight is 312 g/mol. The lowest BCUT2D eigenvalue weighted by molar-refractivity contribution is 0.0698. The van der Waals surface area contributed by atoms with E-state index in [4.69, 9.17) is 32.1 Å². The van der Waals surface area contributed by atoms with Crippen molar-refractivity contribution in [3.05, 3.63) is 28.2 Å². The van der Waals surface area contributed by atoms with Gasteiger partial charge < -0.3 is 8.92 Å². The summed E-state index contributed by atoms with van der Waals surface area (Å²) >= 11 is 11.6. The van der Waals surface area contributed by atoms with Crippen molar-refractivity contribution >= 4 is 33.5 Å². The molecule has 1 aliphatic heterocycles. The highest BCUT2D eigenvalue weighted by Gasteiger charge is 2.27. The maximum atomic E-state index is 11.9. The Hall–Kier alpha value is -0.530. The lowest BCUT2D eigenvalue weighted by Crippen LogP contribution is -2.42. The van der Waals surface area contributed by atoms with E-state index in [0.29, 0.717) is 18.2 Å². The fraction of sp³-hybridized carbons (Fsp3) is 0.400. The molecule has 0 amide bonds. The average Bonchev–Trinajstić information content (AvgIpc) is 2.34. The van der Waals surface area contributed by atoms with Crippen molar-refractivity contribution in [2.24, 2.45) is 0 Å². The first-order valence-electron chi connectivity index (χ1n) is 5.21. The number of morpholine rings is 1. The summed E-state index contributed by atoms with van der Waals surface area (Å²) in [7, 11) is -3.85. The third kappa shape index (κ3) is 3.27. The predicted octanol–water partition coefficient (Wildman–Crippen LogP) is 1.95. The minimum atomic E-state index is -3.85. The van der Waals surface area contributed by atoms with Crippen LogP contribution in [0.15, 0.2) is 18.2 Å². The number of hydrogen-bond acceptors (Lipinski definition) is 4. The van der Waals surface area contributed by atoms with E-state index >= 15 is 0 Å². The van der Waals surface area contributed by atoms with E-state index in [1.54, 1.807) is 0 Å². The minimum Gasteiger partial charge on any atom is -0.379 e. The van der Waals surface area contributed by atoms with Crippen LogP contribution < -0.4 is 4.18 Å². The summed E-state index contributed by atoms with van der Waals surface area (Å²) in [6.45, 7) is 1.26. The summed E-state index contributed by atoms with van der Waals surface area (Å²) in [6.07, 6.45) is 0. The second-order valence-electron chi connectivity index (χ2n) is 3.63. The first-order valence-corrected chi connectivity index (χ1v) is 7.33. The molecule has 0 bridgehead atoms. The molecule has 0 spiro atoms. The molecule has 0 unspecified atom stereocenters. The van der Waals surface area contributed by atoms with Crippen molar-refractivity contribution in [1.82, 2.24) is 4.31 Å². The lowest BCUT2D eigenvalue weighted by atomic mass is 10.3. The highest BCUT2D eigenvalue weighted by Crippen LogP contribution is 2.29. The van der Waals surface area contributed by atoms with Crippen LogP contribution in [0, 0.1) is 0 Å². The summed E-state index contributed by atoms with van der Waals surface area (Å²) < 4.78 is 35.2. The molecule has 0 N–H and O–H groups in total. The molecule has 0 atom stereocenters. The molecule has 1 saturated heterocycles. The van der Waals surface area contributed by atoms with Gasteiger partial charge in [0.2, 0.25) is 0 Å². The quantitative estimate of drug-likeness (QED) is 0.856. The van der Waals surface area contributed by atoms with Gasteiger partial charge in [0.05, 0.1) is 18.2 Å². The van der Waals surface area contributed by atoms with Gasteiger partial charge in [-0.05, 0) is 18.2 Å². The molecule has 2 rings (SSSR count). The van der Waals surface area contributed by atoms with Gasteiger partial charge in [-0.15, -0.1) is 0 Å². The standard InChI is InChI=1S/C10H11Cl2NO4S/c11-8-1-2-10(9(12)7-8)17-18(14,15)13-3-5-16-6-4-13/h1-2,7H,3-6H2. The number of benzene rings is 1. The Morgan fingerprint density at radius 3 is 2.50 bits per heavy atom. The smallest absolute Gasteiger partial charge is 0.379 e. The van der Waals surface area contributed by atoms with Crippen LogP contribution in [0.25, 0.3) is 0 Å². The van der Waals surface area contributed by atoms with E-state index in [-0.39, 0.29) is 23.9 Å². The Kier molecular flexibility index (Phi) is 4.34. The third-order valence-corrected chi connectivity index (χ3v) is 4.29. The lowest BCUT2D eigenvalue weighted by Gasteiger charge is -2.25. The molecule has 1 aromatic rings. The zero-order valence-corrected chi connectivity index (χ0v) is 11.6. The summed E-state index contributed by atoms with van der Waals surface area (Å²) in [4.78, 5) is 0. The Morgan fingerprint density at radius 1 is 1.22 bits per heavy atom. The van der Waals surface area contributed by atoms with Crippen LogP contribution in [-0.4, -0.2) is 39.0 Å². The van der Waals surface area contributed by atoms with Crippen molar-refractivity contribution in [1.29, 1.82) is 0 Å². The van der Waals surface area contributed by atoms with Crippen LogP contribution in [0.1, 0.15) is 0 Å². The molecule has 1 fully saturated rings. The van der Waals surface area contributed by atoms with Crippen LogP contribution in [0.3, 0.4) is 0 Å². The molecule has 0 saturated carbocycles. The topological polar surface area (TPSA) is 55.8 Å². The molecule has 8 heteroatoms. The molecule has 0 aliphatic carbocycles. The Balaban J connectivity index is 2.16. The summed E-state index contributed by atoms with van der Waals surface area (Å²) in [6, 6.07) is 4.35. The molecule has 1 aliphatic rings. The van der Waals surface area contributed by atoms with Gasteiger partial charge in [-0.2, -0.15) is 12.7 Å². The second kappa shape index (κ2) is 5.63. The fourth-order valence-electron chi connectivity index (χ4n) is 1.48. The van der Waals surface area contributed by atoms with Crippen molar-refractivity contribution in [2.45, 2.75) is 0 Å². The van der Waals surface area contributed by atoms with Gasteiger partial charge in [-0.3, -0.25) is 0 Å². The maximum Gasteiger partial charge on any atom is 0.385 e. The van der Waals surface area contributed by atoms with E-state index in [1.807, 2.05) is 0 Å². The summed E-state index contributed by atoms with van der Waals surface area (Å²) in [5.41, 5.74) is 0. The number of nitrogens with zero attached hydrogens (tertiary/aromatic N) is 1. The normalized spacial score (nSPS) is 17.7. The zero-order valence-electron chi connectivity index (χ0n) is 9.30. The first-order chi connectivity index (χ1) is 8.49. The Labute approximate surface area is 115 Å². The van der Waals surface area contributed by atoms with Crippen molar-refractivity contribution in [2.75, 3.05) is 26.3 Å². The molecule has 5 nitrogen and oxygen atoms in total. The van der Waals surface area contributed by atoms with Gasteiger partial charge >= 0.3 is 10.3 Å². The van der Waals surface area contributed by atoms with Crippen molar-refractivity contribution < 1.29 is 17.3 Å². The molecule has 1 heterocycles. The zero-order chi connectivity index (χ0) is 13.2. The van der Waals surface area contributed by atoms with E-state index in [9.17, 15) is 8.42 Å². The molecular formula is C10H11Cl2NO4S. The Bertz CT molecular complexity index is 529. The molecular weight excluding hydrogens is 301 g/mol. The summed E-state index contributed by atoms with van der Waals surface area (Å²) in [5.74, 6) is 0.0626. The first kappa shape index (κ1) is 13.9. The highest BCUT2D eigenvalue weighted by atomic mass is 35.5. The van der Waals surface area contributed by atoms with Crippen LogP contribution >= 0.6 is 23.2 Å². The van der Waals surface area contributed by atoms with E-state index in [1.165, 1.54) is 22.5 Å². The van der Waals surface area contributed by atoms with Gasteiger partial charge in [0.25, 0.3) is 0 Å². The van der Waals surface area contributed by atoms with E-state index in [0.717, 1.165) is 0 Å². The van der Waals surface area contributed by atoms with Gasteiger partial charge in [-0.25, -0.2) is 0 Å². The molecule has 0 radical (unpaired) electrons. The largest absolute Gasteiger partial charge is 0.385 e. The van der Waals surface area contributed by atoms with E-state index in [2.05, 4.69) is 0 Å². The van der Waals surface area contributed by atoms with Crippen LogP contribution in [0.5, 0.6) is 5.75 Å². The molecule has 18 heavy (non-hydrogen) atoms. The van der Waals surface area contributed by atoms with E-state index < -0.39 is 10.3 Å². The predicted molar refractivity (Wildman–Crippen MR) is 68.4 cm³/mol. The van der Waals surface area contributed by atoms with Crippen LogP contribution in [0.2, 0.25) is 10.0 Å². The third-order valence-electron chi connectivity index (χ3n) is 2.38. The summed E-state index contributed by atoms with van der Waals surface area (Å²) in [5, 5.41) is 0.565. The van der Waals surface area contributed by atoms with Gasteiger partial charge in [0.15, 0.2) is 5.75 Å². The maximum absolute atomic E-state index is 11.9. The number of hydrogen-bond donors (Lipinski definition) is 0. The monoisotopic (exact) mass is 311 g/mol. The van der Waals surface area contributed by atoms with Gasteiger partial charge in [0.1, 0.15) is 0 Å². The highest BCUT2D eigenvalue weighted by molar-refractivity contribution is 7.84. The van der Waals surface area contributed by atoms with Gasteiger partial charge in [-0.1, -0.05) is 23.2 Å². The fourth-order valence-corrected chi connectivity index (χ4v) is 3.05.